The van der Waals surface area contributed by atoms with Crippen molar-refractivity contribution in [2.75, 3.05) is 26.9 Å². The SMILES string of the molecule is CCN1C(=O)/C(=C/c2ccccc2OCCCOc2cccc(OC)c2)SC1=S. The molecule has 0 spiro atoms. The van der Waals surface area contributed by atoms with Gasteiger partial charge in [-0.3, -0.25) is 9.69 Å². The van der Waals surface area contributed by atoms with E-state index in [4.69, 9.17) is 26.4 Å². The Balaban J connectivity index is 1.55. The highest BCUT2D eigenvalue weighted by atomic mass is 32.2. The summed E-state index contributed by atoms with van der Waals surface area (Å²) in [5, 5.41) is 0. The van der Waals surface area contributed by atoms with Crippen LogP contribution < -0.4 is 14.2 Å². The molecule has 2 aromatic rings. The molecule has 0 N–H and O–H groups in total. The molecule has 0 radical (unpaired) electrons. The van der Waals surface area contributed by atoms with Crippen molar-refractivity contribution in [3.05, 3.63) is 59.0 Å². The molecule has 1 amide bonds. The second-order valence-corrected chi connectivity index (χ2v) is 7.87. The fourth-order valence-corrected chi connectivity index (χ4v) is 4.14. The number of hydrogen-bond donors (Lipinski definition) is 0. The molecule has 7 heteroatoms. The average molecular weight is 430 g/mol. The van der Waals surface area contributed by atoms with Crippen LogP contribution in [0.5, 0.6) is 17.2 Å². The Morgan fingerprint density at radius 3 is 2.59 bits per heavy atom. The largest absolute Gasteiger partial charge is 0.497 e. The van der Waals surface area contributed by atoms with Gasteiger partial charge in [-0.1, -0.05) is 48.2 Å². The predicted molar refractivity (Wildman–Crippen MR) is 121 cm³/mol. The van der Waals surface area contributed by atoms with Crippen molar-refractivity contribution in [3.63, 3.8) is 0 Å². The van der Waals surface area contributed by atoms with Gasteiger partial charge in [-0.2, -0.15) is 0 Å². The second kappa shape index (κ2) is 10.3. The van der Waals surface area contributed by atoms with Gasteiger partial charge in [-0.15, -0.1) is 0 Å². The number of likely N-dealkylation sites (N-methyl/N-ethyl adjacent to an activating group) is 1. The topological polar surface area (TPSA) is 48.0 Å². The second-order valence-electron chi connectivity index (χ2n) is 6.19. The number of thioether (sulfide) groups is 1. The lowest BCUT2D eigenvalue weighted by Gasteiger charge is -2.11. The first-order valence-corrected chi connectivity index (χ1v) is 10.6. The quantitative estimate of drug-likeness (QED) is 0.325. The van der Waals surface area contributed by atoms with Crippen LogP contribution in [0.15, 0.2) is 53.4 Å². The number of methoxy groups -OCH3 is 1. The van der Waals surface area contributed by atoms with E-state index in [1.807, 2.05) is 61.5 Å². The minimum absolute atomic E-state index is 0.0519. The Hall–Kier alpha value is -2.51. The van der Waals surface area contributed by atoms with E-state index in [0.29, 0.717) is 29.0 Å². The molecule has 0 aromatic heterocycles. The van der Waals surface area contributed by atoms with E-state index in [-0.39, 0.29) is 5.91 Å². The summed E-state index contributed by atoms with van der Waals surface area (Å²) in [7, 11) is 1.63. The van der Waals surface area contributed by atoms with Crippen LogP contribution in [0.4, 0.5) is 0 Å². The van der Waals surface area contributed by atoms with E-state index in [0.717, 1.165) is 29.2 Å². The Kier molecular flexibility index (Phi) is 7.55. The predicted octanol–water partition coefficient (Wildman–Crippen LogP) is 4.76. The van der Waals surface area contributed by atoms with E-state index in [2.05, 4.69) is 0 Å². The number of rotatable bonds is 9. The lowest BCUT2D eigenvalue weighted by molar-refractivity contribution is -0.121. The van der Waals surface area contributed by atoms with Crippen molar-refractivity contribution in [2.45, 2.75) is 13.3 Å². The molecular formula is C22H23NO4S2. The first-order chi connectivity index (χ1) is 14.1. The van der Waals surface area contributed by atoms with Crippen molar-refractivity contribution in [3.8, 4) is 17.2 Å². The third-order valence-corrected chi connectivity index (χ3v) is 5.63. The van der Waals surface area contributed by atoms with Gasteiger partial charge < -0.3 is 14.2 Å². The molecule has 1 fully saturated rings. The summed E-state index contributed by atoms with van der Waals surface area (Å²) in [5.41, 5.74) is 0.859. The summed E-state index contributed by atoms with van der Waals surface area (Å²) in [6.45, 7) is 3.53. The molecule has 0 saturated carbocycles. The smallest absolute Gasteiger partial charge is 0.266 e. The molecule has 5 nitrogen and oxygen atoms in total. The van der Waals surface area contributed by atoms with Gasteiger partial charge in [0, 0.05) is 24.6 Å². The molecule has 0 aliphatic carbocycles. The van der Waals surface area contributed by atoms with E-state index >= 15 is 0 Å². The highest BCUT2D eigenvalue weighted by Crippen LogP contribution is 2.34. The molecule has 1 aliphatic rings. The zero-order chi connectivity index (χ0) is 20.6. The molecule has 1 saturated heterocycles. The normalized spacial score (nSPS) is 15.1. The Labute approximate surface area is 180 Å². The third kappa shape index (κ3) is 5.52. The number of carbonyl (C=O) groups excluding carboxylic acids is 1. The molecule has 0 atom stereocenters. The Bertz CT molecular complexity index is 913. The number of benzene rings is 2. The van der Waals surface area contributed by atoms with Gasteiger partial charge in [0.25, 0.3) is 5.91 Å². The van der Waals surface area contributed by atoms with Crippen LogP contribution in [0, 0.1) is 0 Å². The number of nitrogens with zero attached hydrogens (tertiary/aromatic N) is 1. The van der Waals surface area contributed by atoms with Crippen LogP contribution in [-0.4, -0.2) is 42.0 Å². The molecule has 1 heterocycles. The number of para-hydroxylation sites is 1. The number of hydrogen-bond acceptors (Lipinski definition) is 6. The van der Waals surface area contributed by atoms with Crippen LogP contribution >= 0.6 is 24.0 Å². The number of carbonyl (C=O) groups is 1. The van der Waals surface area contributed by atoms with Crippen LogP contribution in [0.3, 0.4) is 0 Å². The lowest BCUT2D eigenvalue weighted by atomic mass is 10.2. The monoisotopic (exact) mass is 429 g/mol. The molecule has 3 rings (SSSR count). The number of amides is 1. The summed E-state index contributed by atoms with van der Waals surface area (Å²) in [5.74, 6) is 2.21. The highest BCUT2D eigenvalue weighted by Gasteiger charge is 2.30. The minimum Gasteiger partial charge on any atom is -0.497 e. The summed E-state index contributed by atoms with van der Waals surface area (Å²) >= 11 is 6.60. The maximum absolute atomic E-state index is 12.4. The zero-order valence-corrected chi connectivity index (χ0v) is 18.1. The maximum Gasteiger partial charge on any atom is 0.266 e. The maximum atomic E-state index is 12.4. The van der Waals surface area contributed by atoms with Gasteiger partial charge in [-0.05, 0) is 31.2 Å². The van der Waals surface area contributed by atoms with Gasteiger partial charge in [-0.25, -0.2) is 0 Å². The summed E-state index contributed by atoms with van der Waals surface area (Å²) in [6, 6.07) is 15.2. The summed E-state index contributed by atoms with van der Waals surface area (Å²) < 4.78 is 17.4. The van der Waals surface area contributed by atoms with Gasteiger partial charge >= 0.3 is 0 Å². The molecular weight excluding hydrogens is 406 g/mol. The zero-order valence-electron chi connectivity index (χ0n) is 16.4. The van der Waals surface area contributed by atoms with Gasteiger partial charge in [0.1, 0.15) is 21.6 Å². The van der Waals surface area contributed by atoms with E-state index in [1.165, 1.54) is 11.8 Å². The summed E-state index contributed by atoms with van der Waals surface area (Å²) in [4.78, 5) is 14.6. The van der Waals surface area contributed by atoms with E-state index < -0.39 is 0 Å². The number of thiocarbonyl (C=S) groups is 1. The van der Waals surface area contributed by atoms with Crippen molar-refractivity contribution in [1.82, 2.24) is 4.90 Å². The molecule has 2 aromatic carbocycles. The first kappa shape index (κ1) is 21.2. The van der Waals surface area contributed by atoms with E-state index in [9.17, 15) is 4.79 Å². The molecule has 1 aliphatic heterocycles. The third-order valence-electron chi connectivity index (χ3n) is 4.25. The first-order valence-electron chi connectivity index (χ1n) is 9.36. The van der Waals surface area contributed by atoms with Crippen molar-refractivity contribution in [1.29, 1.82) is 0 Å². The molecule has 152 valence electrons. The number of ether oxygens (including phenoxy) is 3. The van der Waals surface area contributed by atoms with Gasteiger partial charge in [0.2, 0.25) is 0 Å². The lowest BCUT2D eigenvalue weighted by Crippen LogP contribution is -2.27. The highest BCUT2D eigenvalue weighted by molar-refractivity contribution is 8.26. The van der Waals surface area contributed by atoms with E-state index in [1.54, 1.807) is 12.0 Å². The standard InChI is InChI=1S/C22H23NO4S2/c1-3-23-21(24)20(29-22(23)28)14-16-8-4-5-11-19(16)27-13-7-12-26-18-10-6-9-17(15-18)25-2/h4-6,8-11,14-15H,3,7,12-13H2,1-2H3/b20-14-. The van der Waals surface area contributed by atoms with Crippen molar-refractivity contribution in [2.24, 2.45) is 0 Å². The Morgan fingerprint density at radius 2 is 1.83 bits per heavy atom. The fraction of sp³-hybridized carbons (Fsp3) is 0.273. The van der Waals surface area contributed by atoms with Crippen LogP contribution in [0.1, 0.15) is 18.9 Å². The molecule has 29 heavy (non-hydrogen) atoms. The summed E-state index contributed by atoms with van der Waals surface area (Å²) in [6.07, 6.45) is 2.57. The minimum atomic E-state index is -0.0519. The van der Waals surface area contributed by atoms with Gasteiger partial charge in [0.15, 0.2) is 0 Å². The Morgan fingerprint density at radius 1 is 1.07 bits per heavy atom. The van der Waals surface area contributed by atoms with Crippen LogP contribution in [-0.2, 0) is 4.79 Å². The van der Waals surface area contributed by atoms with Crippen molar-refractivity contribution >= 4 is 40.3 Å². The van der Waals surface area contributed by atoms with Gasteiger partial charge in [0.05, 0.1) is 25.2 Å². The fourth-order valence-electron chi connectivity index (χ4n) is 2.77. The van der Waals surface area contributed by atoms with Crippen LogP contribution in [0.25, 0.3) is 6.08 Å². The molecule has 0 bridgehead atoms. The van der Waals surface area contributed by atoms with Crippen LogP contribution in [0.2, 0.25) is 0 Å². The molecule has 0 unspecified atom stereocenters. The average Bonchev–Trinajstić information content (AvgIpc) is 3.01. The van der Waals surface area contributed by atoms with Crippen molar-refractivity contribution < 1.29 is 19.0 Å².